The van der Waals surface area contributed by atoms with Crippen molar-refractivity contribution in [3.63, 3.8) is 0 Å². The number of halogens is 1. The van der Waals surface area contributed by atoms with E-state index in [-0.39, 0.29) is 11.2 Å². The largest absolute Gasteiger partial charge is 0.394 e. The smallest absolute Gasteiger partial charge is 0.278 e. The highest BCUT2D eigenvalue weighted by Crippen LogP contribution is 2.41. The van der Waals surface area contributed by atoms with E-state index in [1.54, 1.807) is 0 Å². The van der Waals surface area contributed by atoms with Crippen LogP contribution in [0, 0.1) is 12.3 Å². The highest BCUT2D eigenvalue weighted by atomic mass is 19.1. The van der Waals surface area contributed by atoms with Crippen LogP contribution in [0.15, 0.2) is 17.4 Å². The average molecular weight is 294 g/mol. The Balaban J connectivity index is 2.16. The lowest BCUT2D eigenvalue weighted by atomic mass is 9.97. The molecule has 21 heavy (non-hydrogen) atoms. The zero-order chi connectivity index (χ0) is 15.2. The van der Waals surface area contributed by atoms with E-state index in [0.717, 1.165) is 17.2 Å². The van der Waals surface area contributed by atoms with Crippen molar-refractivity contribution >= 4 is 11.2 Å². The van der Waals surface area contributed by atoms with Crippen molar-refractivity contribution in [2.45, 2.75) is 24.1 Å². The van der Waals surface area contributed by atoms with Gasteiger partial charge in [-0.15, -0.1) is 6.42 Å². The van der Waals surface area contributed by atoms with Crippen molar-refractivity contribution in [2.75, 3.05) is 6.61 Å². The van der Waals surface area contributed by atoms with Crippen LogP contribution in [0.2, 0.25) is 0 Å². The number of aromatic amines is 1. The lowest BCUT2D eigenvalue weighted by molar-refractivity contribution is -0.0504. The molecule has 2 aromatic heterocycles. The molecular weight excluding hydrogens is 283 g/mol. The van der Waals surface area contributed by atoms with E-state index in [9.17, 15) is 14.3 Å². The summed E-state index contributed by atoms with van der Waals surface area (Å²) in [6, 6.07) is 0. The number of imidazole rings is 1. The van der Waals surface area contributed by atoms with Gasteiger partial charge in [-0.25, -0.2) is 14.4 Å². The molecule has 2 aromatic rings. The van der Waals surface area contributed by atoms with Gasteiger partial charge in [0.1, 0.15) is 12.2 Å². The Labute approximate surface area is 117 Å². The molecule has 4 unspecified atom stereocenters. The second kappa shape index (κ2) is 4.63. The minimum atomic E-state index is -2.58. The highest BCUT2D eigenvalue weighted by Gasteiger charge is 2.57. The Morgan fingerprint density at radius 3 is 3.05 bits per heavy atom. The first-order valence-corrected chi connectivity index (χ1v) is 6.04. The second-order valence-electron chi connectivity index (χ2n) is 4.62. The monoisotopic (exact) mass is 294 g/mol. The maximum Gasteiger partial charge on any atom is 0.278 e. The van der Waals surface area contributed by atoms with Crippen LogP contribution >= 0.6 is 0 Å². The van der Waals surface area contributed by atoms with Crippen molar-refractivity contribution < 1.29 is 19.3 Å². The van der Waals surface area contributed by atoms with Crippen molar-refractivity contribution in [2.24, 2.45) is 0 Å². The summed E-state index contributed by atoms with van der Waals surface area (Å²) in [7, 11) is 0. The number of hydrogen-bond donors (Lipinski definition) is 3. The van der Waals surface area contributed by atoms with Crippen LogP contribution in [0.4, 0.5) is 4.39 Å². The molecule has 1 aliphatic rings. The number of hydrogen-bond acceptors (Lipinski definition) is 6. The summed E-state index contributed by atoms with van der Waals surface area (Å²) in [6.45, 7) is -0.605. The van der Waals surface area contributed by atoms with Crippen molar-refractivity contribution in [3.8, 4) is 12.3 Å². The van der Waals surface area contributed by atoms with Crippen LogP contribution in [0.1, 0.15) is 6.23 Å². The molecule has 8 nitrogen and oxygen atoms in total. The second-order valence-corrected chi connectivity index (χ2v) is 4.62. The maximum absolute atomic E-state index is 14.8. The first kappa shape index (κ1) is 13.7. The summed E-state index contributed by atoms with van der Waals surface area (Å²) < 4.78 is 21.2. The molecule has 4 atom stereocenters. The average Bonchev–Trinajstić information content (AvgIpc) is 3.01. The minimum absolute atomic E-state index is 0.0117. The van der Waals surface area contributed by atoms with Gasteiger partial charge in [0.15, 0.2) is 17.4 Å². The normalized spacial score (nSPS) is 32.4. The molecule has 0 amide bonds. The fraction of sp³-hybridized carbons (Fsp3) is 0.417. The summed E-state index contributed by atoms with van der Waals surface area (Å²) in [5.74, 6) is 1.86. The molecule has 1 aliphatic heterocycles. The number of nitrogens with one attached hydrogen (secondary N) is 1. The zero-order valence-electron chi connectivity index (χ0n) is 10.6. The molecule has 1 saturated heterocycles. The first-order chi connectivity index (χ1) is 10.0. The summed E-state index contributed by atoms with van der Waals surface area (Å²) in [6.07, 6.45) is 3.11. The van der Waals surface area contributed by atoms with Gasteiger partial charge in [0.05, 0.1) is 19.3 Å². The van der Waals surface area contributed by atoms with E-state index in [1.165, 1.54) is 0 Å². The van der Waals surface area contributed by atoms with E-state index in [1.807, 2.05) is 5.92 Å². The summed E-state index contributed by atoms with van der Waals surface area (Å²) in [4.78, 5) is 21.7. The third-order valence-corrected chi connectivity index (χ3v) is 3.46. The van der Waals surface area contributed by atoms with Crippen molar-refractivity contribution in [3.05, 3.63) is 23.0 Å². The van der Waals surface area contributed by atoms with Crippen molar-refractivity contribution in [1.82, 2.24) is 19.5 Å². The van der Waals surface area contributed by atoms with Gasteiger partial charge in [-0.2, -0.15) is 0 Å². The number of fused-ring (bicyclic) bond motifs is 1. The molecular formula is C12H11FN4O4. The van der Waals surface area contributed by atoms with Gasteiger partial charge in [-0.1, -0.05) is 5.92 Å². The Kier molecular flexibility index (Phi) is 3.02. The Morgan fingerprint density at radius 2 is 2.38 bits per heavy atom. The van der Waals surface area contributed by atoms with Gasteiger partial charge in [-0.3, -0.25) is 9.36 Å². The lowest BCUT2D eigenvalue weighted by Crippen LogP contribution is -2.42. The third kappa shape index (κ3) is 1.77. The molecule has 9 heteroatoms. The fourth-order valence-electron chi connectivity index (χ4n) is 2.36. The van der Waals surface area contributed by atoms with E-state index >= 15 is 0 Å². The number of aliphatic hydroxyl groups excluding tert-OH is 2. The number of alkyl halides is 1. The quantitative estimate of drug-likeness (QED) is 0.594. The van der Waals surface area contributed by atoms with Gasteiger partial charge >= 0.3 is 0 Å². The van der Waals surface area contributed by atoms with Crippen LogP contribution in [-0.4, -0.2) is 54.2 Å². The lowest BCUT2D eigenvalue weighted by Gasteiger charge is -2.23. The van der Waals surface area contributed by atoms with Crippen LogP contribution < -0.4 is 5.56 Å². The number of aliphatic hydroxyl groups is 2. The molecule has 0 aliphatic carbocycles. The molecule has 110 valence electrons. The van der Waals surface area contributed by atoms with Crippen LogP contribution in [0.25, 0.3) is 11.2 Å². The number of terminal acetylenes is 1. The molecule has 0 radical (unpaired) electrons. The molecule has 3 heterocycles. The summed E-state index contributed by atoms with van der Waals surface area (Å²) in [5.41, 5.74) is -3.03. The Morgan fingerprint density at radius 1 is 1.62 bits per heavy atom. The Bertz CT molecular complexity index is 781. The van der Waals surface area contributed by atoms with E-state index in [4.69, 9.17) is 16.3 Å². The fourth-order valence-corrected chi connectivity index (χ4v) is 2.36. The molecule has 0 aromatic carbocycles. The maximum atomic E-state index is 14.8. The van der Waals surface area contributed by atoms with E-state index in [2.05, 4.69) is 15.0 Å². The zero-order valence-corrected chi connectivity index (χ0v) is 10.6. The molecule has 3 N–H and O–H groups in total. The summed E-state index contributed by atoms with van der Waals surface area (Å²) in [5, 5.41) is 19.0. The van der Waals surface area contributed by atoms with E-state index in [0.29, 0.717) is 0 Å². The Hall–Kier alpha value is -2.28. The number of nitrogens with zero attached hydrogens (tertiary/aromatic N) is 3. The van der Waals surface area contributed by atoms with Crippen LogP contribution in [0.5, 0.6) is 0 Å². The molecule has 1 fully saturated rings. The highest BCUT2D eigenvalue weighted by molar-refractivity contribution is 5.69. The minimum Gasteiger partial charge on any atom is -0.394 e. The SMILES string of the molecule is C#CC1(F)C(O)C(CO)OC1n1cnc2c(=O)[nH]cnc21. The molecule has 3 rings (SSSR count). The van der Waals surface area contributed by atoms with E-state index < -0.39 is 36.3 Å². The van der Waals surface area contributed by atoms with Gasteiger partial charge in [0.2, 0.25) is 5.67 Å². The molecule has 0 bridgehead atoms. The number of aromatic nitrogens is 4. The number of rotatable bonds is 2. The number of ether oxygens (including phenoxy) is 1. The summed E-state index contributed by atoms with van der Waals surface area (Å²) >= 11 is 0. The third-order valence-electron chi connectivity index (χ3n) is 3.46. The van der Waals surface area contributed by atoms with Gasteiger partial charge < -0.3 is 19.9 Å². The standard InChI is InChI=1S/C12H11FN4O4/c1-2-12(13)8(19)6(3-18)21-11(12)17-5-16-7-9(17)14-4-15-10(7)20/h1,4-6,8,11,18-19H,3H2,(H,14,15,20). The van der Waals surface area contributed by atoms with Crippen molar-refractivity contribution in [1.29, 1.82) is 0 Å². The predicted molar refractivity (Wildman–Crippen MR) is 67.8 cm³/mol. The van der Waals surface area contributed by atoms with Gasteiger partial charge in [0.25, 0.3) is 5.56 Å². The van der Waals surface area contributed by atoms with Gasteiger partial charge in [-0.05, 0) is 0 Å². The number of H-pyrrole nitrogens is 1. The van der Waals surface area contributed by atoms with Gasteiger partial charge in [0, 0.05) is 0 Å². The molecule has 0 spiro atoms. The topological polar surface area (TPSA) is 113 Å². The van der Waals surface area contributed by atoms with Crippen LogP contribution in [0.3, 0.4) is 0 Å². The predicted octanol–water partition coefficient (Wildman–Crippen LogP) is -1.29. The van der Waals surface area contributed by atoms with Crippen LogP contribution in [-0.2, 0) is 4.74 Å². The molecule has 0 saturated carbocycles. The first-order valence-electron chi connectivity index (χ1n) is 6.04.